The third-order valence-electron chi connectivity index (χ3n) is 6.08. The summed E-state index contributed by atoms with van der Waals surface area (Å²) in [5, 5.41) is 0. The zero-order valence-electron chi connectivity index (χ0n) is 15.9. The third kappa shape index (κ3) is 2.41. The number of hydrogen-bond donors (Lipinski definition) is 0. The highest BCUT2D eigenvalue weighted by molar-refractivity contribution is 6.11. The summed E-state index contributed by atoms with van der Waals surface area (Å²) in [6, 6.07) is 11.7. The molecule has 0 saturated carbocycles. The normalized spacial score (nSPS) is 27.0. The van der Waals surface area contributed by atoms with Gasteiger partial charge in [-0.15, -0.1) is 0 Å². The molecule has 1 saturated heterocycles. The van der Waals surface area contributed by atoms with E-state index in [2.05, 4.69) is 0 Å². The molecular formula is C22H21NO6. The number of nitrogens with zero attached hydrogens (tertiary/aromatic N) is 1. The van der Waals surface area contributed by atoms with E-state index in [0.717, 1.165) is 16.8 Å². The van der Waals surface area contributed by atoms with Crippen molar-refractivity contribution in [3.05, 3.63) is 47.5 Å². The van der Waals surface area contributed by atoms with E-state index in [1.54, 1.807) is 0 Å². The van der Waals surface area contributed by atoms with Gasteiger partial charge >= 0.3 is 0 Å². The van der Waals surface area contributed by atoms with E-state index in [-0.39, 0.29) is 18.6 Å². The maximum atomic E-state index is 13.9. The molecule has 4 aliphatic rings. The maximum Gasteiger partial charge on any atom is 0.245 e. The summed E-state index contributed by atoms with van der Waals surface area (Å²) in [4.78, 5) is 15.7. The van der Waals surface area contributed by atoms with Crippen LogP contribution in [0.3, 0.4) is 0 Å². The summed E-state index contributed by atoms with van der Waals surface area (Å²) < 4.78 is 28.8. The van der Waals surface area contributed by atoms with E-state index in [0.29, 0.717) is 56.8 Å². The number of rotatable bonds is 2. The van der Waals surface area contributed by atoms with Crippen LogP contribution in [0.2, 0.25) is 0 Å². The number of amides is 1. The first-order chi connectivity index (χ1) is 14.3. The summed E-state index contributed by atoms with van der Waals surface area (Å²) >= 11 is 0. The van der Waals surface area contributed by atoms with Gasteiger partial charge in [0.05, 0.1) is 32.5 Å². The monoisotopic (exact) mass is 395 g/mol. The Kier molecular flexibility index (Phi) is 3.76. The Morgan fingerprint density at radius 2 is 1.76 bits per heavy atom. The average molecular weight is 395 g/mol. The molecule has 0 N–H and O–H groups in total. The summed E-state index contributed by atoms with van der Waals surface area (Å²) in [5.41, 5.74) is 1.81. The van der Waals surface area contributed by atoms with Crippen LogP contribution in [0.15, 0.2) is 36.4 Å². The second-order valence-electron chi connectivity index (χ2n) is 7.69. The molecule has 1 amide bonds. The van der Waals surface area contributed by atoms with Crippen molar-refractivity contribution >= 4 is 11.6 Å². The second-order valence-corrected chi connectivity index (χ2v) is 7.69. The highest BCUT2D eigenvalue weighted by Crippen LogP contribution is 2.54. The number of hydrogen-bond acceptors (Lipinski definition) is 6. The Hall–Kier alpha value is -2.77. The fraction of sp³-hybridized carbons (Fsp3) is 0.409. The molecule has 0 unspecified atom stereocenters. The molecule has 7 heteroatoms. The minimum absolute atomic E-state index is 0.00306. The summed E-state index contributed by atoms with van der Waals surface area (Å²) in [7, 11) is 0. The highest BCUT2D eigenvalue weighted by Gasteiger charge is 2.57. The lowest BCUT2D eigenvalue weighted by Gasteiger charge is -2.29. The number of para-hydroxylation sites is 1. The fourth-order valence-corrected chi connectivity index (χ4v) is 4.74. The van der Waals surface area contributed by atoms with E-state index in [1.807, 2.05) is 41.3 Å². The van der Waals surface area contributed by atoms with Crippen molar-refractivity contribution in [1.82, 2.24) is 0 Å². The molecule has 0 aliphatic carbocycles. The van der Waals surface area contributed by atoms with Crippen LogP contribution in [0.5, 0.6) is 17.2 Å². The number of fused-ring (bicyclic) bond motifs is 5. The molecule has 2 aromatic carbocycles. The van der Waals surface area contributed by atoms with Crippen molar-refractivity contribution in [3.8, 4) is 17.2 Å². The van der Waals surface area contributed by atoms with Gasteiger partial charge in [0.15, 0.2) is 11.5 Å². The van der Waals surface area contributed by atoms with Gasteiger partial charge in [0.1, 0.15) is 31.0 Å². The van der Waals surface area contributed by atoms with Gasteiger partial charge < -0.3 is 28.6 Å². The maximum absolute atomic E-state index is 13.9. The molecule has 2 atom stereocenters. The fourth-order valence-electron chi connectivity index (χ4n) is 4.74. The van der Waals surface area contributed by atoms with Gasteiger partial charge in [0.2, 0.25) is 5.91 Å². The van der Waals surface area contributed by atoms with Crippen molar-refractivity contribution in [2.45, 2.75) is 11.5 Å². The van der Waals surface area contributed by atoms with Crippen molar-refractivity contribution in [3.63, 3.8) is 0 Å². The SMILES string of the molecule is O=C1N(C[C@@H]2COCCO2)c2ccccc2[C@]12COc1cc3c(cc12)OCCO3. The quantitative estimate of drug-likeness (QED) is 0.774. The lowest BCUT2D eigenvalue weighted by atomic mass is 9.77. The van der Waals surface area contributed by atoms with Gasteiger partial charge in [-0.05, 0) is 17.7 Å². The summed E-state index contributed by atoms with van der Waals surface area (Å²) in [6.45, 7) is 3.36. The van der Waals surface area contributed by atoms with Crippen LogP contribution >= 0.6 is 0 Å². The molecule has 4 aliphatic heterocycles. The smallest absolute Gasteiger partial charge is 0.245 e. The molecule has 4 heterocycles. The molecule has 29 heavy (non-hydrogen) atoms. The van der Waals surface area contributed by atoms with Gasteiger partial charge in [-0.25, -0.2) is 0 Å². The van der Waals surface area contributed by atoms with Crippen molar-refractivity contribution in [2.24, 2.45) is 0 Å². The largest absolute Gasteiger partial charge is 0.491 e. The van der Waals surface area contributed by atoms with E-state index in [4.69, 9.17) is 23.7 Å². The lowest BCUT2D eigenvalue weighted by Crippen LogP contribution is -2.47. The van der Waals surface area contributed by atoms with Crippen molar-refractivity contribution < 1.29 is 28.5 Å². The van der Waals surface area contributed by atoms with Crippen LogP contribution in [-0.4, -0.2) is 58.2 Å². The molecule has 2 aromatic rings. The number of anilines is 1. The molecule has 0 radical (unpaired) electrons. The molecule has 1 fully saturated rings. The van der Waals surface area contributed by atoms with E-state index >= 15 is 0 Å². The van der Waals surface area contributed by atoms with Gasteiger partial charge in [-0.2, -0.15) is 0 Å². The van der Waals surface area contributed by atoms with Crippen molar-refractivity contribution in [2.75, 3.05) is 51.1 Å². The second kappa shape index (κ2) is 6.37. The first-order valence-corrected chi connectivity index (χ1v) is 9.95. The van der Waals surface area contributed by atoms with Crippen LogP contribution in [0, 0.1) is 0 Å². The van der Waals surface area contributed by atoms with E-state index < -0.39 is 5.41 Å². The Morgan fingerprint density at radius 1 is 0.931 bits per heavy atom. The van der Waals surface area contributed by atoms with Gasteiger partial charge in [-0.3, -0.25) is 4.79 Å². The van der Waals surface area contributed by atoms with E-state index in [1.165, 1.54) is 0 Å². The van der Waals surface area contributed by atoms with Crippen molar-refractivity contribution in [1.29, 1.82) is 0 Å². The number of benzene rings is 2. The number of carbonyl (C=O) groups excluding carboxylic acids is 1. The first-order valence-electron chi connectivity index (χ1n) is 9.95. The van der Waals surface area contributed by atoms with Gasteiger partial charge in [-0.1, -0.05) is 18.2 Å². The minimum atomic E-state index is -0.878. The standard InChI is InChI=1S/C22H21NO6/c24-21-22(13-29-18-10-20-19(9-16(18)22)27-7-8-28-20)15-3-1-2-4-17(15)23(21)11-14-12-25-5-6-26-14/h1-4,9-10,14H,5-8,11-13H2/t14-,22+/m1/s1. The molecule has 7 nitrogen and oxygen atoms in total. The zero-order chi connectivity index (χ0) is 19.4. The van der Waals surface area contributed by atoms with Crippen LogP contribution in [0.4, 0.5) is 5.69 Å². The molecule has 0 bridgehead atoms. The average Bonchev–Trinajstić information content (AvgIpc) is 3.25. The van der Waals surface area contributed by atoms with Gasteiger partial charge in [0.25, 0.3) is 0 Å². The predicted octanol–water partition coefficient (Wildman–Crippen LogP) is 1.90. The first kappa shape index (κ1) is 17.1. The van der Waals surface area contributed by atoms with Gasteiger partial charge in [0, 0.05) is 17.3 Å². The topological polar surface area (TPSA) is 66.5 Å². The molecular weight excluding hydrogens is 374 g/mol. The van der Waals surface area contributed by atoms with Crippen LogP contribution < -0.4 is 19.1 Å². The molecule has 0 aromatic heterocycles. The number of ether oxygens (including phenoxy) is 5. The number of carbonyl (C=O) groups is 1. The predicted molar refractivity (Wildman–Crippen MR) is 103 cm³/mol. The Bertz CT molecular complexity index is 985. The summed E-state index contributed by atoms with van der Waals surface area (Å²) in [6.07, 6.45) is -0.141. The molecule has 150 valence electrons. The Balaban J connectivity index is 1.45. The van der Waals surface area contributed by atoms with Crippen LogP contribution in [0.25, 0.3) is 0 Å². The lowest BCUT2D eigenvalue weighted by molar-refractivity contribution is -0.123. The Morgan fingerprint density at radius 3 is 2.59 bits per heavy atom. The molecule has 6 rings (SSSR count). The molecule has 1 spiro atoms. The Labute approximate surface area is 168 Å². The zero-order valence-corrected chi connectivity index (χ0v) is 15.9. The highest BCUT2D eigenvalue weighted by atomic mass is 16.6. The van der Waals surface area contributed by atoms with Crippen LogP contribution in [-0.2, 0) is 19.7 Å². The third-order valence-corrected chi connectivity index (χ3v) is 6.08. The van der Waals surface area contributed by atoms with E-state index in [9.17, 15) is 4.79 Å². The summed E-state index contributed by atoms with van der Waals surface area (Å²) in [5.74, 6) is 2.00. The minimum Gasteiger partial charge on any atom is -0.491 e. The van der Waals surface area contributed by atoms with Crippen LogP contribution in [0.1, 0.15) is 11.1 Å².